The van der Waals surface area contributed by atoms with Gasteiger partial charge < -0.3 is 0 Å². The molecule has 1 aliphatic carbocycles. The van der Waals surface area contributed by atoms with Gasteiger partial charge in [0, 0.05) is 17.7 Å². The van der Waals surface area contributed by atoms with Gasteiger partial charge in [-0.1, -0.05) is 25.7 Å². The molecule has 1 aromatic rings. The van der Waals surface area contributed by atoms with Crippen LogP contribution in [0.5, 0.6) is 0 Å². The van der Waals surface area contributed by atoms with Crippen LogP contribution in [0.1, 0.15) is 43.7 Å². The zero-order valence-electron chi connectivity index (χ0n) is 10.1. The van der Waals surface area contributed by atoms with Crippen molar-refractivity contribution >= 4 is 0 Å². The highest BCUT2D eigenvalue weighted by Gasteiger charge is 2.25. The molecule has 0 saturated heterocycles. The number of hydrogen-bond donors (Lipinski definition) is 2. The second kappa shape index (κ2) is 5.71. The summed E-state index contributed by atoms with van der Waals surface area (Å²) in [6.07, 6.45) is 4.99. The Morgan fingerprint density at radius 3 is 2.22 bits per heavy atom. The summed E-state index contributed by atoms with van der Waals surface area (Å²) >= 11 is 0. The van der Waals surface area contributed by atoms with Gasteiger partial charge >= 0.3 is 0 Å². The molecule has 0 heterocycles. The number of hydrazine groups is 1. The minimum Gasteiger partial charge on any atom is -0.271 e. The number of nitrogens with one attached hydrogen (secondary N) is 1. The molecule has 2 nitrogen and oxygen atoms in total. The highest BCUT2D eigenvalue weighted by atomic mass is 19.1. The molecule has 100 valence electrons. The van der Waals surface area contributed by atoms with Gasteiger partial charge in [0.05, 0.1) is 6.04 Å². The van der Waals surface area contributed by atoms with Crippen molar-refractivity contribution in [3.63, 3.8) is 0 Å². The molecule has 0 aromatic heterocycles. The van der Waals surface area contributed by atoms with E-state index in [2.05, 4.69) is 5.43 Å². The highest BCUT2D eigenvalue weighted by molar-refractivity contribution is 5.24. The topological polar surface area (TPSA) is 38.0 Å². The smallest absolute Gasteiger partial charge is 0.133 e. The first-order valence-corrected chi connectivity index (χ1v) is 6.22. The third-order valence-electron chi connectivity index (χ3n) is 3.64. The molecule has 1 unspecified atom stereocenters. The first kappa shape index (κ1) is 13.4. The van der Waals surface area contributed by atoms with Crippen molar-refractivity contribution in [3.8, 4) is 0 Å². The van der Waals surface area contributed by atoms with Gasteiger partial charge in [-0.15, -0.1) is 0 Å². The predicted octanol–water partition coefficient (Wildman–Crippen LogP) is 3.19. The van der Waals surface area contributed by atoms with Crippen LogP contribution < -0.4 is 11.3 Å². The van der Waals surface area contributed by atoms with Crippen molar-refractivity contribution in [2.45, 2.75) is 38.1 Å². The van der Waals surface area contributed by atoms with Gasteiger partial charge in [-0.2, -0.15) is 0 Å². The van der Waals surface area contributed by atoms with Crippen molar-refractivity contribution < 1.29 is 13.2 Å². The second-order valence-corrected chi connectivity index (χ2v) is 4.89. The number of benzene rings is 1. The van der Waals surface area contributed by atoms with E-state index in [1.807, 2.05) is 0 Å². The SMILES string of the molecule is NNC(CC1CCCC1)c1c(F)cc(F)cc1F. The Bertz CT molecular complexity index is 394. The minimum absolute atomic E-state index is 0.161. The molecule has 0 aliphatic heterocycles. The van der Waals surface area contributed by atoms with E-state index in [9.17, 15) is 13.2 Å². The number of nitrogens with two attached hydrogens (primary N) is 1. The molecule has 0 spiro atoms. The molecule has 5 heteroatoms. The second-order valence-electron chi connectivity index (χ2n) is 4.89. The molecular formula is C13H17F3N2. The van der Waals surface area contributed by atoms with Gasteiger partial charge in [-0.05, 0) is 12.3 Å². The zero-order chi connectivity index (χ0) is 13.1. The first-order chi connectivity index (χ1) is 8.61. The van der Waals surface area contributed by atoms with Crippen LogP contribution in [0.25, 0.3) is 0 Å². The summed E-state index contributed by atoms with van der Waals surface area (Å²) in [5.74, 6) is 3.13. The number of rotatable bonds is 4. The molecular weight excluding hydrogens is 241 g/mol. The Balaban J connectivity index is 2.21. The minimum atomic E-state index is -0.912. The van der Waals surface area contributed by atoms with Crippen LogP contribution in [0.15, 0.2) is 12.1 Å². The molecule has 3 N–H and O–H groups in total. The Hall–Kier alpha value is -1.07. The van der Waals surface area contributed by atoms with Gasteiger partial charge in [0.25, 0.3) is 0 Å². The quantitative estimate of drug-likeness (QED) is 0.643. The molecule has 0 radical (unpaired) electrons. The summed E-state index contributed by atoms with van der Waals surface area (Å²) in [4.78, 5) is 0. The van der Waals surface area contributed by atoms with Gasteiger partial charge in [-0.25, -0.2) is 13.2 Å². The average Bonchev–Trinajstić information content (AvgIpc) is 2.79. The van der Waals surface area contributed by atoms with Crippen molar-refractivity contribution in [1.82, 2.24) is 5.43 Å². The third kappa shape index (κ3) is 2.84. The summed E-state index contributed by atoms with van der Waals surface area (Å²) in [5, 5.41) is 0. The summed E-state index contributed by atoms with van der Waals surface area (Å²) < 4.78 is 40.1. The van der Waals surface area contributed by atoms with Crippen LogP contribution in [0.4, 0.5) is 13.2 Å². The Labute approximate surface area is 104 Å². The van der Waals surface area contributed by atoms with E-state index in [1.54, 1.807) is 0 Å². The van der Waals surface area contributed by atoms with Crippen LogP contribution >= 0.6 is 0 Å². The van der Waals surface area contributed by atoms with Crippen molar-refractivity contribution in [2.75, 3.05) is 0 Å². The van der Waals surface area contributed by atoms with E-state index < -0.39 is 23.5 Å². The summed E-state index contributed by atoms with van der Waals surface area (Å²) in [6, 6.07) is 0.781. The lowest BCUT2D eigenvalue weighted by Gasteiger charge is -2.21. The maximum atomic E-state index is 13.6. The maximum Gasteiger partial charge on any atom is 0.133 e. The lowest BCUT2D eigenvalue weighted by Crippen LogP contribution is -2.31. The maximum absolute atomic E-state index is 13.6. The molecule has 0 bridgehead atoms. The van der Waals surface area contributed by atoms with Gasteiger partial charge in [0.1, 0.15) is 17.5 Å². The molecule has 2 rings (SSSR count). The van der Waals surface area contributed by atoms with Crippen LogP contribution in [0.3, 0.4) is 0 Å². The van der Waals surface area contributed by atoms with Crippen LogP contribution in [-0.2, 0) is 0 Å². The fourth-order valence-electron chi connectivity index (χ4n) is 2.73. The lowest BCUT2D eigenvalue weighted by atomic mass is 9.93. The van der Waals surface area contributed by atoms with E-state index in [0.29, 0.717) is 24.5 Å². The predicted molar refractivity (Wildman–Crippen MR) is 63.0 cm³/mol. The highest BCUT2D eigenvalue weighted by Crippen LogP contribution is 2.34. The molecule has 18 heavy (non-hydrogen) atoms. The normalized spacial score (nSPS) is 18.2. The van der Waals surface area contributed by atoms with E-state index in [0.717, 1.165) is 25.7 Å². The van der Waals surface area contributed by atoms with Crippen LogP contribution in [-0.4, -0.2) is 0 Å². The van der Waals surface area contributed by atoms with Gasteiger partial charge in [0.15, 0.2) is 0 Å². The van der Waals surface area contributed by atoms with Crippen LogP contribution in [0, 0.1) is 23.4 Å². The van der Waals surface area contributed by atoms with Crippen molar-refractivity contribution in [3.05, 3.63) is 35.1 Å². The fourth-order valence-corrected chi connectivity index (χ4v) is 2.73. The van der Waals surface area contributed by atoms with E-state index >= 15 is 0 Å². The summed E-state index contributed by atoms with van der Waals surface area (Å²) in [6.45, 7) is 0. The summed E-state index contributed by atoms with van der Waals surface area (Å²) in [7, 11) is 0. The Morgan fingerprint density at radius 1 is 1.17 bits per heavy atom. The zero-order valence-corrected chi connectivity index (χ0v) is 10.1. The van der Waals surface area contributed by atoms with E-state index in [4.69, 9.17) is 5.84 Å². The molecule has 1 saturated carbocycles. The first-order valence-electron chi connectivity index (χ1n) is 6.22. The Morgan fingerprint density at radius 2 is 1.72 bits per heavy atom. The van der Waals surface area contributed by atoms with Crippen molar-refractivity contribution in [1.29, 1.82) is 0 Å². The number of halogens is 3. The fraction of sp³-hybridized carbons (Fsp3) is 0.538. The summed E-state index contributed by atoms with van der Waals surface area (Å²) in [5.41, 5.74) is 2.28. The molecule has 1 aliphatic rings. The standard InChI is InChI=1S/C13H17F3N2/c14-9-6-10(15)13(11(16)7-9)12(18-17)5-8-3-1-2-4-8/h6-8,12,18H,1-5,17H2. The average molecular weight is 258 g/mol. The van der Waals surface area contributed by atoms with E-state index in [1.165, 1.54) is 0 Å². The third-order valence-corrected chi connectivity index (χ3v) is 3.64. The molecule has 1 fully saturated rings. The van der Waals surface area contributed by atoms with Crippen molar-refractivity contribution in [2.24, 2.45) is 11.8 Å². The molecule has 1 aromatic carbocycles. The largest absolute Gasteiger partial charge is 0.271 e. The molecule has 1 atom stereocenters. The van der Waals surface area contributed by atoms with Crippen LogP contribution in [0.2, 0.25) is 0 Å². The monoisotopic (exact) mass is 258 g/mol. The van der Waals surface area contributed by atoms with Gasteiger partial charge in [-0.3, -0.25) is 11.3 Å². The van der Waals surface area contributed by atoms with Gasteiger partial charge in [0.2, 0.25) is 0 Å². The number of hydrogen-bond acceptors (Lipinski definition) is 2. The molecule has 0 amide bonds. The lowest BCUT2D eigenvalue weighted by molar-refractivity contribution is 0.376. The van der Waals surface area contributed by atoms with E-state index in [-0.39, 0.29) is 5.56 Å². The Kier molecular flexibility index (Phi) is 4.24.